The molecule has 0 aromatic heterocycles. The van der Waals surface area contributed by atoms with Gasteiger partial charge in [0.25, 0.3) is 8.32 Å². The molecule has 0 aliphatic heterocycles. The lowest BCUT2D eigenvalue weighted by atomic mass is 10.4. The minimum atomic E-state index is -2.16. The highest BCUT2D eigenvalue weighted by Crippen LogP contribution is 2.23. The van der Waals surface area contributed by atoms with Gasteiger partial charge in [0, 0.05) is 10.7 Å². The predicted octanol–water partition coefficient (Wildman–Crippen LogP) is 3.54. The van der Waals surface area contributed by atoms with E-state index in [2.05, 4.69) is 90.2 Å². The second kappa shape index (κ2) is 7.38. The van der Waals surface area contributed by atoms with E-state index in [1.165, 1.54) is 23.2 Å². The van der Waals surface area contributed by atoms with Crippen LogP contribution >= 0.6 is 22.6 Å². The smallest absolute Gasteiger partial charge is 0.268 e. The van der Waals surface area contributed by atoms with Gasteiger partial charge in [-0.1, -0.05) is 96.6 Å². The van der Waals surface area contributed by atoms with Gasteiger partial charge in [-0.15, -0.1) is 0 Å². The highest BCUT2D eigenvalue weighted by Gasteiger charge is 2.44. The molecule has 0 heterocycles. The van der Waals surface area contributed by atoms with E-state index in [0.717, 1.165) is 0 Å². The second-order valence-corrected chi connectivity index (χ2v) is 11.3. The van der Waals surface area contributed by atoms with Crippen molar-refractivity contribution < 1.29 is 4.43 Å². The molecule has 1 atom stereocenters. The van der Waals surface area contributed by atoms with Crippen LogP contribution in [0.3, 0.4) is 0 Å². The average Bonchev–Trinajstić information content (AvgIpc) is 2.51. The Hall–Kier alpha value is -0.653. The standard InChI is InChI=1S/C17H21IOSi/c1-3-10-17(18)20(19-2,15-11-6-4-7-12-15)16-13-8-5-9-14-16/h4-9,11-14,17H,3,10H2,1-2H3. The van der Waals surface area contributed by atoms with Gasteiger partial charge in [0.1, 0.15) is 0 Å². The van der Waals surface area contributed by atoms with Crippen molar-refractivity contribution in [2.75, 3.05) is 7.11 Å². The van der Waals surface area contributed by atoms with E-state index in [9.17, 15) is 0 Å². The Morgan fingerprint density at radius 2 is 1.40 bits per heavy atom. The van der Waals surface area contributed by atoms with Crippen LogP contribution in [-0.4, -0.2) is 19.0 Å². The molecule has 0 bridgehead atoms. The molecule has 3 heteroatoms. The van der Waals surface area contributed by atoms with Crippen molar-refractivity contribution in [3.05, 3.63) is 60.7 Å². The maximum Gasteiger partial charge on any atom is 0.268 e. The third-order valence-electron chi connectivity index (χ3n) is 3.71. The van der Waals surface area contributed by atoms with Crippen LogP contribution in [0.25, 0.3) is 0 Å². The average molecular weight is 396 g/mol. The number of hydrogen-bond donors (Lipinski definition) is 0. The number of benzene rings is 2. The first-order valence-corrected chi connectivity index (χ1v) is 10.3. The third-order valence-corrected chi connectivity index (χ3v) is 11.2. The molecule has 0 radical (unpaired) electrons. The van der Waals surface area contributed by atoms with Crippen LogP contribution in [-0.2, 0) is 4.43 Å². The van der Waals surface area contributed by atoms with Crippen molar-refractivity contribution >= 4 is 41.3 Å². The Labute approximate surface area is 136 Å². The van der Waals surface area contributed by atoms with Crippen LogP contribution in [0.2, 0.25) is 0 Å². The monoisotopic (exact) mass is 396 g/mol. The molecule has 0 amide bonds. The third kappa shape index (κ3) is 2.99. The highest BCUT2D eigenvalue weighted by molar-refractivity contribution is 14.1. The Morgan fingerprint density at radius 1 is 0.950 bits per heavy atom. The fourth-order valence-electron chi connectivity index (χ4n) is 2.72. The van der Waals surface area contributed by atoms with E-state index in [1.54, 1.807) is 0 Å². The van der Waals surface area contributed by atoms with Gasteiger partial charge in [0.15, 0.2) is 0 Å². The van der Waals surface area contributed by atoms with Gasteiger partial charge in [0.05, 0.1) is 0 Å². The zero-order valence-electron chi connectivity index (χ0n) is 12.1. The lowest BCUT2D eigenvalue weighted by molar-refractivity contribution is 0.412. The zero-order valence-corrected chi connectivity index (χ0v) is 15.2. The van der Waals surface area contributed by atoms with Crippen molar-refractivity contribution in [3.8, 4) is 0 Å². The minimum absolute atomic E-state index is 0.528. The summed E-state index contributed by atoms with van der Waals surface area (Å²) in [6.45, 7) is 2.25. The summed E-state index contributed by atoms with van der Waals surface area (Å²) in [7, 11) is -0.277. The van der Waals surface area contributed by atoms with Gasteiger partial charge in [0.2, 0.25) is 0 Å². The first kappa shape index (κ1) is 15.7. The molecule has 20 heavy (non-hydrogen) atoms. The minimum Gasteiger partial charge on any atom is -0.410 e. The van der Waals surface area contributed by atoms with Crippen molar-refractivity contribution in [3.63, 3.8) is 0 Å². The summed E-state index contributed by atoms with van der Waals surface area (Å²) >= 11 is 2.60. The molecule has 0 spiro atoms. The van der Waals surface area contributed by atoms with Gasteiger partial charge in [-0.25, -0.2) is 0 Å². The van der Waals surface area contributed by atoms with Crippen molar-refractivity contribution in [2.45, 2.75) is 23.3 Å². The molecule has 0 aliphatic rings. The largest absolute Gasteiger partial charge is 0.410 e. The fourth-order valence-corrected chi connectivity index (χ4v) is 10.1. The summed E-state index contributed by atoms with van der Waals surface area (Å²) in [6, 6.07) is 21.5. The summed E-state index contributed by atoms with van der Waals surface area (Å²) in [5.74, 6) is 0. The van der Waals surface area contributed by atoms with Gasteiger partial charge >= 0.3 is 0 Å². The summed E-state index contributed by atoms with van der Waals surface area (Å²) in [5, 5.41) is 2.73. The molecule has 106 valence electrons. The topological polar surface area (TPSA) is 9.23 Å². The van der Waals surface area contributed by atoms with Crippen molar-refractivity contribution in [2.24, 2.45) is 0 Å². The van der Waals surface area contributed by atoms with Gasteiger partial charge in [-0.2, -0.15) is 0 Å². The van der Waals surface area contributed by atoms with Crippen LogP contribution in [0.1, 0.15) is 19.8 Å². The number of alkyl halides is 1. The summed E-state index contributed by atoms with van der Waals surface area (Å²) in [6.07, 6.45) is 2.37. The first-order chi connectivity index (χ1) is 9.75. The normalized spacial score (nSPS) is 13.2. The van der Waals surface area contributed by atoms with Gasteiger partial charge in [-0.05, 0) is 16.8 Å². The molecule has 0 saturated heterocycles. The molecule has 0 aliphatic carbocycles. The molecular weight excluding hydrogens is 375 g/mol. The SMILES string of the molecule is CCCC(I)[Si](OC)(c1ccccc1)c1ccccc1. The first-order valence-electron chi connectivity index (χ1n) is 7.06. The van der Waals surface area contributed by atoms with Crippen molar-refractivity contribution in [1.82, 2.24) is 0 Å². The fraction of sp³-hybridized carbons (Fsp3) is 0.294. The molecular formula is C17H21IOSi. The maximum atomic E-state index is 6.26. The molecule has 0 saturated carbocycles. The molecule has 2 aromatic carbocycles. The summed E-state index contributed by atoms with van der Waals surface area (Å²) in [4.78, 5) is 0. The van der Waals surface area contributed by atoms with Crippen LogP contribution in [0.4, 0.5) is 0 Å². The Balaban J connectivity index is 2.58. The summed E-state index contributed by atoms with van der Waals surface area (Å²) < 4.78 is 6.78. The Kier molecular flexibility index (Phi) is 5.81. The maximum absolute atomic E-state index is 6.26. The molecule has 0 fully saturated rings. The van der Waals surface area contributed by atoms with E-state index in [1.807, 2.05) is 7.11 Å². The lowest BCUT2D eigenvalue weighted by Crippen LogP contribution is -2.66. The summed E-state index contributed by atoms with van der Waals surface area (Å²) in [5.41, 5.74) is 0. The number of halogens is 1. The van der Waals surface area contributed by atoms with E-state index in [4.69, 9.17) is 4.43 Å². The van der Waals surface area contributed by atoms with Crippen molar-refractivity contribution in [1.29, 1.82) is 0 Å². The van der Waals surface area contributed by atoms with E-state index in [0.29, 0.717) is 3.55 Å². The number of rotatable bonds is 6. The van der Waals surface area contributed by atoms with E-state index in [-0.39, 0.29) is 0 Å². The highest BCUT2D eigenvalue weighted by atomic mass is 127. The van der Waals surface area contributed by atoms with Crippen LogP contribution in [0.5, 0.6) is 0 Å². The van der Waals surface area contributed by atoms with E-state index >= 15 is 0 Å². The Bertz CT molecular complexity index is 476. The zero-order chi connectivity index (χ0) is 14.4. The second-order valence-electron chi connectivity index (χ2n) is 4.93. The molecule has 2 aromatic rings. The van der Waals surface area contributed by atoms with Crippen LogP contribution < -0.4 is 10.4 Å². The predicted molar refractivity (Wildman–Crippen MR) is 97.6 cm³/mol. The van der Waals surface area contributed by atoms with Gasteiger partial charge < -0.3 is 4.43 Å². The van der Waals surface area contributed by atoms with Gasteiger partial charge in [-0.3, -0.25) is 0 Å². The lowest BCUT2D eigenvalue weighted by Gasteiger charge is -2.35. The van der Waals surface area contributed by atoms with Crippen LogP contribution in [0.15, 0.2) is 60.7 Å². The van der Waals surface area contributed by atoms with E-state index < -0.39 is 8.32 Å². The van der Waals surface area contributed by atoms with Crippen LogP contribution in [0, 0.1) is 0 Å². The number of hydrogen-bond acceptors (Lipinski definition) is 1. The molecule has 0 N–H and O–H groups in total. The molecule has 1 nitrogen and oxygen atoms in total. The molecule has 2 rings (SSSR count). The Morgan fingerprint density at radius 3 is 1.75 bits per heavy atom. The molecule has 1 unspecified atom stereocenters. The quantitative estimate of drug-likeness (QED) is 0.412.